The Balaban J connectivity index is 1.78. The Bertz CT molecular complexity index is 552. The lowest BCUT2D eigenvalue weighted by Crippen LogP contribution is -2.43. The van der Waals surface area contributed by atoms with E-state index in [0.717, 1.165) is 24.9 Å². The maximum atomic E-state index is 12.6. The summed E-state index contributed by atoms with van der Waals surface area (Å²) < 4.78 is 0. The van der Waals surface area contributed by atoms with Crippen molar-refractivity contribution in [2.24, 2.45) is 0 Å². The Hall–Kier alpha value is -0.810. The van der Waals surface area contributed by atoms with Crippen molar-refractivity contribution in [3.63, 3.8) is 0 Å². The van der Waals surface area contributed by atoms with Crippen molar-refractivity contribution >= 4 is 29.1 Å². The van der Waals surface area contributed by atoms with Crippen molar-refractivity contribution in [3.8, 4) is 0 Å². The van der Waals surface area contributed by atoms with Crippen molar-refractivity contribution in [3.05, 3.63) is 33.8 Å². The lowest BCUT2D eigenvalue weighted by atomic mass is 10.0. The van der Waals surface area contributed by atoms with Crippen LogP contribution in [0, 0.1) is 0 Å². The zero-order valence-electron chi connectivity index (χ0n) is 11.6. The van der Waals surface area contributed by atoms with Gasteiger partial charge in [0.1, 0.15) is 0 Å². The Kier molecular flexibility index (Phi) is 4.41. The van der Waals surface area contributed by atoms with Gasteiger partial charge in [0.25, 0.3) is 0 Å². The second-order valence-corrected chi connectivity index (χ2v) is 6.53. The van der Waals surface area contributed by atoms with E-state index in [0.29, 0.717) is 23.0 Å². The standard InChI is InChI=1S/C15H18Cl2N2O2/c16-11-4-3-9(6-12(11)17)14-2-1-5-19(14)15(21)13-7-10(20)8-18-13/h3-4,6,10,13-14,18,20H,1-2,5,7-8H2. The molecule has 2 N–H and O–H groups in total. The molecule has 1 aromatic rings. The molecule has 0 bridgehead atoms. The summed E-state index contributed by atoms with van der Waals surface area (Å²) in [5.74, 6) is 0.0696. The van der Waals surface area contributed by atoms with Gasteiger partial charge in [-0.15, -0.1) is 0 Å². The summed E-state index contributed by atoms with van der Waals surface area (Å²) in [5.41, 5.74) is 1.02. The van der Waals surface area contributed by atoms with Gasteiger partial charge in [0, 0.05) is 13.1 Å². The van der Waals surface area contributed by atoms with Crippen LogP contribution in [0.5, 0.6) is 0 Å². The van der Waals surface area contributed by atoms with Gasteiger partial charge in [-0.2, -0.15) is 0 Å². The van der Waals surface area contributed by atoms with Crippen LogP contribution in [-0.4, -0.2) is 41.1 Å². The minimum atomic E-state index is -0.426. The predicted octanol–water partition coefficient (Wildman–Crippen LogP) is 2.38. The van der Waals surface area contributed by atoms with Crippen LogP contribution in [0.4, 0.5) is 0 Å². The molecule has 0 spiro atoms. The molecule has 2 fully saturated rings. The molecule has 3 rings (SSSR count). The van der Waals surface area contributed by atoms with E-state index in [1.807, 2.05) is 17.0 Å². The molecule has 2 saturated heterocycles. The predicted molar refractivity (Wildman–Crippen MR) is 82.6 cm³/mol. The van der Waals surface area contributed by atoms with E-state index in [1.165, 1.54) is 0 Å². The van der Waals surface area contributed by atoms with Gasteiger partial charge in [0.05, 0.1) is 28.2 Å². The molecular weight excluding hydrogens is 311 g/mol. The second-order valence-electron chi connectivity index (χ2n) is 5.71. The van der Waals surface area contributed by atoms with E-state index >= 15 is 0 Å². The number of nitrogens with zero attached hydrogens (tertiary/aromatic N) is 1. The summed E-state index contributed by atoms with van der Waals surface area (Å²) in [4.78, 5) is 14.5. The number of amides is 1. The largest absolute Gasteiger partial charge is 0.392 e. The van der Waals surface area contributed by atoms with Gasteiger partial charge in [0.2, 0.25) is 5.91 Å². The number of benzene rings is 1. The highest BCUT2D eigenvalue weighted by atomic mass is 35.5. The number of halogens is 2. The third kappa shape index (κ3) is 3.04. The third-order valence-corrected chi connectivity index (χ3v) is 5.01. The molecule has 0 aromatic heterocycles. The van der Waals surface area contributed by atoms with Crippen LogP contribution in [0.1, 0.15) is 30.9 Å². The van der Waals surface area contributed by atoms with Crippen LogP contribution in [0.3, 0.4) is 0 Å². The maximum absolute atomic E-state index is 12.6. The molecule has 2 heterocycles. The fourth-order valence-corrected chi connectivity index (χ4v) is 3.51. The molecule has 0 saturated carbocycles. The number of rotatable bonds is 2. The number of carbonyl (C=O) groups is 1. The molecule has 2 aliphatic heterocycles. The second kappa shape index (κ2) is 6.13. The summed E-state index contributed by atoms with van der Waals surface area (Å²) >= 11 is 12.0. The normalized spacial score (nSPS) is 29.1. The van der Waals surface area contributed by atoms with Crippen LogP contribution < -0.4 is 5.32 Å². The van der Waals surface area contributed by atoms with E-state index in [-0.39, 0.29) is 18.0 Å². The average molecular weight is 329 g/mol. The summed E-state index contributed by atoms with van der Waals surface area (Å²) in [6.45, 7) is 1.24. The van der Waals surface area contributed by atoms with Crippen molar-refractivity contribution in [2.75, 3.05) is 13.1 Å². The minimum Gasteiger partial charge on any atom is -0.392 e. The van der Waals surface area contributed by atoms with E-state index in [9.17, 15) is 9.90 Å². The number of likely N-dealkylation sites (tertiary alicyclic amines) is 1. The van der Waals surface area contributed by atoms with Crippen LogP contribution in [0.2, 0.25) is 10.0 Å². The number of aliphatic hydroxyl groups excluding tert-OH is 1. The zero-order chi connectivity index (χ0) is 15.0. The number of carbonyl (C=O) groups excluding carboxylic acids is 1. The molecule has 114 valence electrons. The number of nitrogens with one attached hydrogen (secondary N) is 1. The summed E-state index contributed by atoms with van der Waals surface area (Å²) in [5, 5.41) is 13.7. The van der Waals surface area contributed by atoms with Gasteiger partial charge < -0.3 is 15.3 Å². The Morgan fingerprint density at radius 3 is 2.81 bits per heavy atom. The van der Waals surface area contributed by atoms with Crippen LogP contribution in [0.25, 0.3) is 0 Å². The molecule has 0 radical (unpaired) electrons. The van der Waals surface area contributed by atoms with Gasteiger partial charge in [-0.3, -0.25) is 4.79 Å². The Morgan fingerprint density at radius 1 is 1.33 bits per heavy atom. The highest BCUT2D eigenvalue weighted by Crippen LogP contribution is 2.35. The van der Waals surface area contributed by atoms with Gasteiger partial charge in [-0.05, 0) is 37.0 Å². The Morgan fingerprint density at radius 2 is 2.14 bits per heavy atom. The Labute approximate surface area is 134 Å². The summed E-state index contributed by atoms with van der Waals surface area (Å²) in [6, 6.07) is 5.33. The zero-order valence-corrected chi connectivity index (χ0v) is 13.1. The first-order valence-electron chi connectivity index (χ1n) is 7.23. The third-order valence-electron chi connectivity index (χ3n) is 4.27. The van der Waals surface area contributed by atoms with Crippen molar-refractivity contribution in [1.29, 1.82) is 0 Å². The number of hydrogen-bond acceptors (Lipinski definition) is 3. The molecule has 1 amide bonds. The molecule has 6 heteroatoms. The fraction of sp³-hybridized carbons (Fsp3) is 0.533. The SMILES string of the molecule is O=C(C1CC(O)CN1)N1CCCC1c1ccc(Cl)c(Cl)c1. The topological polar surface area (TPSA) is 52.6 Å². The average Bonchev–Trinajstić information content (AvgIpc) is 3.10. The molecular formula is C15H18Cl2N2O2. The number of hydrogen-bond donors (Lipinski definition) is 2. The smallest absolute Gasteiger partial charge is 0.240 e. The molecule has 4 nitrogen and oxygen atoms in total. The van der Waals surface area contributed by atoms with E-state index in [4.69, 9.17) is 23.2 Å². The number of β-amino-alcohol motifs (C(OH)–C–C–N with tert-alkyl or cyclic N) is 1. The van der Waals surface area contributed by atoms with Crippen LogP contribution in [0.15, 0.2) is 18.2 Å². The van der Waals surface area contributed by atoms with E-state index < -0.39 is 6.10 Å². The molecule has 21 heavy (non-hydrogen) atoms. The molecule has 3 unspecified atom stereocenters. The van der Waals surface area contributed by atoms with Crippen LogP contribution in [-0.2, 0) is 4.79 Å². The molecule has 3 atom stereocenters. The molecule has 0 aliphatic carbocycles. The minimum absolute atomic E-state index is 0.0480. The van der Waals surface area contributed by atoms with Crippen molar-refractivity contribution in [1.82, 2.24) is 10.2 Å². The van der Waals surface area contributed by atoms with Gasteiger partial charge >= 0.3 is 0 Å². The van der Waals surface area contributed by atoms with Gasteiger partial charge in [-0.1, -0.05) is 29.3 Å². The lowest BCUT2D eigenvalue weighted by molar-refractivity contribution is -0.134. The van der Waals surface area contributed by atoms with E-state index in [2.05, 4.69) is 5.32 Å². The van der Waals surface area contributed by atoms with E-state index in [1.54, 1.807) is 6.07 Å². The first-order chi connectivity index (χ1) is 10.1. The van der Waals surface area contributed by atoms with Gasteiger partial charge in [-0.25, -0.2) is 0 Å². The number of aliphatic hydroxyl groups is 1. The van der Waals surface area contributed by atoms with Crippen molar-refractivity contribution in [2.45, 2.75) is 37.5 Å². The van der Waals surface area contributed by atoms with Crippen molar-refractivity contribution < 1.29 is 9.90 Å². The van der Waals surface area contributed by atoms with Gasteiger partial charge in [0.15, 0.2) is 0 Å². The fourth-order valence-electron chi connectivity index (χ4n) is 3.20. The summed E-state index contributed by atoms with van der Waals surface area (Å²) in [7, 11) is 0. The molecule has 1 aromatic carbocycles. The molecule has 2 aliphatic rings. The quantitative estimate of drug-likeness (QED) is 0.876. The first-order valence-corrected chi connectivity index (χ1v) is 7.98. The highest BCUT2D eigenvalue weighted by molar-refractivity contribution is 6.42. The highest BCUT2D eigenvalue weighted by Gasteiger charge is 2.37. The monoisotopic (exact) mass is 328 g/mol. The van der Waals surface area contributed by atoms with Crippen LogP contribution >= 0.6 is 23.2 Å². The summed E-state index contributed by atoms with van der Waals surface area (Å²) in [6.07, 6.45) is 1.97. The first kappa shape index (κ1) is 15.1. The lowest BCUT2D eigenvalue weighted by Gasteiger charge is -2.28. The maximum Gasteiger partial charge on any atom is 0.240 e.